The van der Waals surface area contributed by atoms with Gasteiger partial charge in [0.2, 0.25) is 11.8 Å². The fourth-order valence-corrected chi connectivity index (χ4v) is 2.41. The van der Waals surface area contributed by atoms with Gasteiger partial charge in [-0.2, -0.15) is 0 Å². The molecule has 2 heterocycles. The summed E-state index contributed by atoms with van der Waals surface area (Å²) in [5.41, 5.74) is -0.125. The van der Waals surface area contributed by atoms with Gasteiger partial charge in [0.25, 0.3) is 0 Å². The molecule has 1 aliphatic heterocycles. The Bertz CT molecular complexity index is 456. The molecule has 6 nitrogen and oxygen atoms in total. The van der Waals surface area contributed by atoms with Crippen LogP contribution in [0.4, 0.5) is 0 Å². The minimum Gasteiger partial charge on any atom is -0.481 e. The van der Waals surface area contributed by atoms with Crippen LogP contribution in [0.15, 0.2) is 4.42 Å². The van der Waals surface area contributed by atoms with Crippen molar-refractivity contribution in [3.63, 3.8) is 0 Å². The van der Waals surface area contributed by atoms with Gasteiger partial charge in [-0.25, -0.2) is 0 Å². The first-order chi connectivity index (χ1) is 9.34. The molecule has 0 saturated carbocycles. The van der Waals surface area contributed by atoms with Crippen molar-refractivity contribution in [2.24, 2.45) is 5.92 Å². The Labute approximate surface area is 119 Å². The van der Waals surface area contributed by atoms with E-state index in [1.807, 2.05) is 20.8 Å². The SMILES string of the molecule is CC(C)(C)c1nnc(CN2CCC(CC(=O)O)CC2)o1. The summed E-state index contributed by atoms with van der Waals surface area (Å²) in [6, 6.07) is 0. The zero-order valence-corrected chi connectivity index (χ0v) is 12.4. The second-order valence-corrected chi connectivity index (χ2v) is 6.57. The van der Waals surface area contributed by atoms with Crippen LogP contribution in [0.2, 0.25) is 0 Å². The van der Waals surface area contributed by atoms with Gasteiger partial charge in [0.1, 0.15) is 0 Å². The van der Waals surface area contributed by atoms with Gasteiger partial charge < -0.3 is 9.52 Å². The van der Waals surface area contributed by atoms with Crippen LogP contribution in [0.3, 0.4) is 0 Å². The second kappa shape index (κ2) is 5.91. The van der Waals surface area contributed by atoms with E-state index in [0.29, 0.717) is 24.2 Å². The van der Waals surface area contributed by atoms with E-state index in [0.717, 1.165) is 25.9 Å². The zero-order valence-electron chi connectivity index (χ0n) is 12.4. The molecule has 1 aliphatic rings. The number of hydrogen-bond acceptors (Lipinski definition) is 5. The van der Waals surface area contributed by atoms with Crippen LogP contribution in [0.1, 0.15) is 51.8 Å². The third kappa shape index (κ3) is 4.03. The molecular weight excluding hydrogens is 258 g/mol. The molecule has 0 spiro atoms. The summed E-state index contributed by atoms with van der Waals surface area (Å²) < 4.78 is 5.68. The molecule has 1 aromatic heterocycles. The van der Waals surface area contributed by atoms with E-state index in [4.69, 9.17) is 9.52 Å². The minimum absolute atomic E-state index is 0.125. The number of rotatable bonds is 4. The van der Waals surface area contributed by atoms with Crippen molar-refractivity contribution in [1.82, 2.24) is 15.1 Å². The van der Waals surface area contributed by atoms with Crippen LogP contribution >= 0.6 is 0 Å². The van der Waals surface area contributed by atoms with Crippen molar-refractivity contribution in [2.75, 3.05) is 13.1 Å². The number of hydrogen-bond donors (Lipinski definition) is 1. The third-order valence-corrected chi connectivity index (χ3v) is 3.64. The quantitative estimate of drug-likeness (QED) is 0.910. The van der Waals surface area contributed by atoms with Gasteiger partial charge in [-0.05, 0) is 31.8 Å². The Kier molecular flexibility index (Phi) is 4.42. The van der Waals surface area contributed by atoms with E-state index in [-0.39, 0.29) is 11.8 Å². The lowest BCUT2D eigenvalue weighted by Crippen LogP contribution is -2.34. The Balaban J connectivity index is 1.84. The Morgan fingerprint density at radius 3 is 2.50 bits per heavy atom. The number of likely N-dealkylation sites (tertiary alicyclic amines) is 1. The molecule has 0 amide bonds. The largest absolute Gasteiger partial charge is 0.481 e. The molecule has 0 unspecified atom stereocenters. The third-order valence-electron chi connectivity index (χ3n) is 3.64. The maximum Gasteiger partial charge on any atom is 0.303 e. The zero-order chi connectivity index (χ0) is 14.8. The van der Waals surface area contributed by atoms with Crippen molar-refractivity contribution in [3.05, 3.63) is 11.8 Å². The van der Waals surface area contributed by atoms with Crippen LogP contribution < -0.4 is 0 Å². The van der Waals surface area contributed by atoms with Crippen LogP contribution in [0.25, 0.3) is 0 Å². The first-order valence-electron chi connectivity index (χ1n) is 7.11. The number of nitrogens with zero attached hydrogens (tertiary/aromatic N) is 3. The summed E-state index contributed by atoms with van der Waals surface area (Å²) in [5.74, 6) is 0.909. The predicted molar refractivity (Wildman–Crippen MR) is 73.3 cm³/mol. The summed E-state index contributed by atoms with van der Waals surface area (Å²) in [7, 11) is 0. The van der Waals surface area contributed by atoms with Crippen LogP contribution in [-0.2, 0) is 16.8 Å². The molecule has 1 aromatic rings. The molecule has 0 atom stereocenters. The molecule has 112 valence electrons. The lowest BCUT2D eigenvalue weighted by atomic mass is 9.94. The van der Waals surface area contributed by atoms with Crippen LogP contribution in [-0.4, -0.2) is 39.3 Å². The molecule has 0 aromatic carbocycles. The maximum absolute atomic E-state index is 10.7. The average molecular weight is 281 g/mol. The number of carbonyl (C=O) groups is 1. The van der Waals surface area contributed by atoms with Gasteiger partial charge in [-0.15, -0.1) is 10.2 Å². The number of carboxylic acids is 1. The smallest absolute Gasteiger partial charge is 0.303 e. The molecular formula is C14H23N3O3. The molecule has 0 bridgehead atoms. The molecule has 2 rings (SSSR count). The van der Waals surface area contributed by atoms with E-state index in [1.165, 1.54) is 0 Å². The van der Waals surface area contributed by atoms with Crippen molar-refractivity contribution >= 4 is 5.97 Å². The average Bonchev–Trinajstić information content (AvgIpc) is 2.79. The van der Waals surface area contributed by atoms with Gasteiger partial charge in [-0.1, -0.05) is 20.8 Å². The monoisotopic (exact) mass is 281 g/mol. The van der Waals surface area contributed by atoms with Gasteiger partial charge in [-0.3, -0.25) is 9.69 Å². The summed E-state index contributed by atoms with van der Waals surface area (Å²) in [6.07, 6.45) is 2.13. The first-order valence-corrected chi connectivity index (χ1v) is 7.11. The lowest BCUT2D eigenvalue weighted by Gasteiger charge is -2.30. The van der Waals surface area contributed by atoms with Crippen molar-refractivity contribution in [2.45, 2.75) is 52.0 Å². The first kappa shape index (κ1) is 15.0. The molecule has 1 saturated heterocycles. The van der Waals surface area contributed by atoms with Gasteiger partial charge in [0.05, 0.1) is 6.54 Å². The highest BCUT2D eigenvalue weighted by Gasteiger charge is 2.24. The van der Waals surface area contributed by atoms with Gasteiger partial charge >= 0.3 is 5.97 Å². The van der Waals surface area contributed by atoms with Crippen molar-refractivity contribution in [1.29, 1.82) is 0 Å². The summed E-state index contributed by atoms with van der Waals surface area (Å²) in [6.45, 7) is 8.57. The Morgan fingerprint density at radius 1 is 1.35 bits per heavy atom. The van der Waals surface area contributed by atoms with Crippen LogP contribution in [0.5, 0.6) is 0 Å². The van der Waals surface area contributed by atoms with E-state index in [2.05, 4.69) is 15.1 Å². The number of aromatic nitrogens is 2. The predicted octanol–water partition coefficient (Wildman–Crippen LogP) is 2.05. The number of piperidine rings is 1. The van der Waals surface area contributed by atoms with E-state index in [9.17, 15) is 4.79 Å². The van der Waals surface area contributed by atoms with E-state index < -0.39 is 5.97 Å². The second-order valence-electron chi connectivity index (χ2n) is 6.57. The number of carboxylic acid groups (broad SMARTS) is 1. The summed E-state index contributed by atoms with van der Waals surface area (Å²) in [4.78, 5) is 12.9. The highest BCUT2D eigenvalue weighted by atomic mass is 16.4. The highest BCUT2D eigenvalue weighted by Crippen LogP contribution is 2.23. The standard InChI is InChI=1S/C14H23N3O3/c1-14(2,3)13-16-15-11(20-13)9-17-6-4-10(5-7-17)8-12(18)19/h10H,4-9H2,1-3H3,(H,18,19). The number of aliphatic carboxylic acids is 1. The van der Waals surface area contributed by atoms with E-state index >= 15 is 0 Å². The molecule has 0 radical (unpaired) electrons. The maximum atomic E-state index is 10.7. The van der Waals surface area contributed by atoms with Crippen molar-refractivity contribution in [3.8, 4) is 0 Å². The lowest BCUT2D eigenvalue weighted by molar-refractivity contribution is -0.138. The Hall–Kier alpha value is -1.43. The molecule has 0 aliphatic carbocycles. The fraction of sp³-hybridized carbons (Fsp3) is 0.786. The van der Waals surface area contributed by atoms with Gasteiger partial charge in [0, 0.05) is 11.8 Å². The summed E-state index contributed by atoms with van der Waals surface area (Å²) >= 11 is 0. The highest BCUT2D eigenvalue weighted by molar-refractivity contribution is 5.67. The van der Waals surface area contributed by atoms with Gasteiger partial charge in [0.15, 0.2) is 0 Å². The Morgan fingerprint density at radius 2 is 2.00 bits per heavy atom. The van der Waals surface area contributed by atoms with E-state index in [1.54, 1.807) is 0 Å². The fourth-order valence-electron chi connectivity index (χ4n) is 2.41. The molecule has 1 N–H and O–H groups in total. The minimum atomic E-state index is -0.699. The normalized spacial score (nSPS) is 18.4. The molecule has 20 heavy (non-hydrogen) atoms. The molecule has 1 fully saturated rings. The topological polar surface area (TPSA) is 79.5 Å². The van der Waals surface area contributed by atoms with Crippen molar-refractivity contribution < 1.29 is 14.3 Å². The summed E-state index contributed by atoms with van der Waals surface area (Å²) in [5, 5.41) is 17.0. The molecule has 6 heteroatoms. The van der Waals surface area contributed by atoms with Crippen LogP contribution in [0, 0.1) is 5.92 Å².